The zero-order valence-electron chi connectivity index (χ0n) is 12.5. The van der Waals surface area contributed by atoms with E-state index in [0.29, 0.717) is 18.8 Å². The van der Waals surface area contributed by atoms with Crippen molar-refractivity contribution in [3.8, 4) is 5.75 Å². The number of amides is 1. The Hall–Kier alpha value is -2.08. The third kappa shape index (κ3) is 7.31. The molecule has 0 heterocycles. The first-order valence-corrected chi connectivity index (χ1v) is 6.81. The Labute approximate surface area is 124 Å². The zero-order valence-corrected chi connectivity index (χ0v) is 12.5. The number of ether oxygens (including phenoxy) is 1. The number of carbonyl (C=O) groups is 2. The van der Waals surface area contributed by atoms with Gasteiger partial charge in [-0.15, -0.1) is 0 Å². The first kappa shape index (κ1) is 17.0. The normalized spacial score (nSPS) is 10.4. The van der Waals surface area contributed by atoms with Crippen LogP contribution in [0.3, 0.4) is 0 Å². The Bertz CT molecular complexity index is 448. The second-order valence-corrected chi connectivity index (χ2v) is 4.92. The Morgan fingerprint density at radius 2 is 1.81 bits per heavy atom. The summed E-state index contributed by atoms with van der Waals surface area (Å²) in [5.74, 6) is -0.523. The van der Waals surface area contributed by atoms with Crippen LogP contribution in [0.4, 0.5) is 0 Å². The lowest BCUT2D eigenvalue weighted by Crippen LogP contribution is -2.40. The number of hydrogen-bond donors (Lipinski definition) is 1. The summed E-state index contributed by atoms with van der Waals surface area (Å²) < 4.78 is 5.45. The van der Waals surface area contributed by atoms with Crippen molar-refractivity contribution < 1.29 is 19.4 Å². The molecule has 0 bridgehead atoms. The zero-order chi connectivity index (χ0) is 15.7. The molecule has 0 aliphatic carbocycles. The van der Waals surface area contributed by atoms with Gasteiger partial charge in [-0.25, -0.2) is 0 Å². The van der Waals surface area contributed by atoms with Gasteiger partial charge in [-0.1, -0.05) is 18.2 Å². The quantitative estimate of drug-likeness (QED) is 0.733. The first-order valence-electron chi connectivity index (χ1n) is 6.81. The van der Waals surface area contributed by atoms with Gasteiger partial charge in [-0.3, -0.25) is 9.59 Å². The molecule has 1 rings (SSSR count). The largest absolute Gasteiger partial charge is 0.493 e. The minimum atomic E-state index is -1.01. The van der Waals surface area contributed by atoms with E-state index in [4.69, 9.17) is 9.84 Å². The SMILES string of the molecule is CN(C)CCN(CC(=O)O)C(=O)CCOc1ccccc1. The van der Waals surface area contributed by atoms with E-state index in [9.17, 15) is 9.59 Å². The number of aliphatic carboxylic acids is 1. The van der Waals surface area contributed by atoms with E-state index in [1.54, 1.807) is 0 Å². The average Bonchev–Trinajstić information content (AvgIpc) is 2.44. The van der Waals surface area contributed by atoms with Crippen molar-refractivity contribution in [1.82, 2.24) is 9.80 Å². The summed E-state index contributed by atoms with van der Waals surface area (Å²) in [5.41, 5.74) is 0. The molecule has 0 atom stereocenters. The summed E-state index contributed by atoms with van der Waals surface area (Å²) >= 11 is 0. The fourth-order valence-corrected chi connectivity index (χ4v) is 1.71. The molecular formula is C15H22N2O4. The fraction of sp³-hybridized carbons (Fsp3) is 0.467. The lowest BCUT2D eigenvalue weighted by atomic mass is 10.3. The number of likely N-dealkylation sites (N-methyl/N-ethyl adjacent to an activating group) is 1. The molecule has 0 radical (unpaired) electrons. The van der Waals surface area contributed by atoms with E-state index < -0.39 is 5.97 Å². The summed E-state index contributed by atoms with van der Waals surface area (Å²) in [4.78, 5) is 26.1. The molecule has 21 heavy (non-hydrogen) atoms. The van der Waals surface area contributed by atoms with Gasteiger partial charge < -0.3 is 19.6 Å². The van der Waals surface area contributed by atoms with Gasteiger partial charge in [-0.2, -0.15) is 0 Å². The van der Waals surface area contributed by atoms with Crippen LogP contribution in [0.5, 0.6) is 5.75 Å². The molecular weight excluding hydrogens is 272 g/mol. The van der Waals surface area contributed by atoms with E-state index in [2.05, 4.69) is 0 Å². The van der Waals surface area contributed by atoms with Crippen LogP contribution in [0.15, 0.2) is 30.3 Å². The van der Waals surface area contributed by atoms with Crippen molar-refractivity contribution in [2.24, 2.45) is 0 Å². The molecule has 1 amide bonds. The Morgan fingerprint density at radius 3 is 2.38 bits per heavy atom. The van der Waals surface area contributed by atoms with Crippen molar-refractivity contribution in [2.75, 3.05) is 40.3 Å². The number of carbonyl (C=O) groups excluding carboxylic acids is 1. The van der Waals surface area contributed by atoms with Crippen LogP contribution in [-0.2, 0) is 9.59 Å². The van der Waals surface area contributed by atoms with E-state index in [-0.39, 0.29) is 25.5 Å². The van der Waals surface area contributed by atoms with Gasteiger partial charge in [0.1, 0.15) is 12.3 Å². The molecule has 0 unspecified atom stereocenters. The number of para-hydroxylation sites is 1. The third-order valence-corrected chi connectivity index (χ3v) is 2.82. The predicted molar refractivity (Wildman–Crippen MR) is 79.3 cm³/mol. The number of carboxylic acid groups (broad SMARTS) is 1. The van der Waals surface area contributed by atoms with E-state index in [1.165, 1.54) is 4.90 Å². The number of carboxylic acids is 1. The number of benzene rings is 1. The first-order chi connectivity index (χ1) is 9.99. The minimum Gasteiger partial charge on any atom is -0.493 e. The molecule has 0 fully saturated rings. The van der Waals surface area contributed by atoms with Gasteiger partial charge in [0.05, 0.1) is 13.0 Å². The van der Waals surface area contributed by atoms with Crippen LogP contribution in [0.2, 0.25) is 0 Å². The predicted octanol–water partition coefficient (Wildman–Crippen LogP) is 0.930. The lowest BCUT2D eigenvalue weighted by molar-refractivity contribution is -0.144. The topological polar surface area (TPSA) is 70.1 Å². The molecule has 116 valence electrons. The highest BCUT2D eigenvalue weighted by atomic mass is 16.5. The van der Waals surface area contributed by atoms with Crippen molar-refractivity contribution in [3.63, 3.8) is 0 Å². The van der Waals surface area contributed by atoms with Gasteiger partial charge in [0, 0.05) is 13.1 Å². The number of hydrogen-bond acceptors (Lipinski definition) is 4. The molecule has 0 aromatic heterocycles. The van der Waals surface area contributed by atoms with Crippen molar-refractivity contribution in [3.05, 3.63) is 30.3 Å². The van der Waals surface area contributed by atoms with Crippen molar-refractivity contribution >= 4 is 11.9 Å². The maximum atomic E-state index is 12.0. The van der Waals surface area contributed by atoms with Gasteiger partial charge in [0.25, 0.3) is 0 Å². The molecule has 0 saturated heterocycles. The van der Waals surface area contributed by atoms with Crippen molar-refractivity contribution in [2.45, 2.75) is 6.42 Å². The smallest absolute Gasteiger partial charge is 0.323 e. The summed E-state index contributed by atoms with van der Waals surface area (Å²) in [7, 11) is 3.75. The molecule has 1 N–H and O–H groups in total. The molecule has 6 heteroatoms. The van der Waals surface area contributed by atoms with Crippen LogP contribution in [0.25, 0.3) is 0 Å². The summed E-state index contributed by atoms with van der Waals surface area (Å²) in [5, 5.41) is 8.86. The highest BCUT2D eigenvalue weighted by molar-refractivity contribution is 5.81. The van der Waals surface area contributed by atoms with Gasteiger partial charge in [0.2, 0.25) is 5.91 Å². The summed E-state index contributed by atoms with van der Waals surface area (Å²) in [6, 6.07) is 9.21. The van der Waals surface area contributed by atoms with E-state index in [0.717, 1.165) is 0 Å². The van der Waals surface area contributed by atoms with Crippen LogP contribution < -0.4 is 4.74 Å². The van der Waals surface area contributed by atoms with Gasteiger partial charge >= 0.3 is 5.97 Å². The number of nitrogens with zero attached hydrogens (tertiary/aromatic N) is 2. The van der Waals surface area contributed by atoms with Crippen molar-refractivity contribution in [1.29, 1.82) is 0 Å². The van der Waals surface area contributed by atoms with Crippen LogP contribution >= 0.6 is 0 Å². The van der Waals surface area contributed by atoms with Crippen LogP contribution in [0.1, 0.15) is 6.42 Å². The maximum Gasteiger partial charge on any atom is 0.323 e. The standard InChI is InChI=1S/C15H22N2O4/c1-16(2)9-10-17(12-15(19)20)14(18)8-11-21-13-6-4-3-5-7-13/h3-7H,8-12H2,1-2H3,(H,19,20). The second-order valence-electron chi connectivity index (χ2n) is 4.92. The van der Waals surface area contributed by atoms with Crippen LogP contribution in [0, 0.1) is 0 Å². The summed E-state index contributed by atoms with van der Waals surface area (Å²) in [6.07, 6.45) is 0.162. The fourth-order valence-electron chi connectivity index (χ4n) is 1.71. The monoisotopic (exact) mass is 294 g/mol. The molecule has 0 saturated carbocycles. The van der Waals surface area contributed by atoms with Crippen LogP contribution in [-0.4, -0.2) is 67.1 Å². The second kappa shape index (κ2) is 8.97. The highest BCUT2D eigenvalue weighted by Gasteiger charge is 2.16. The molecule has 0 spiro atoms. The molecule has 1 aromatic rings. The highest BCUT2D eigenvalue weighted by Crippen LogP contribution is 2.08. The van der Waals surface area contributed by atoms with E-state index in [1.807, 2.05) is 49.3 Å². The third-order valence-electron chi connectivity index (χ3n) is 2.82. The van der Waals surface area contributed by atoms with E-state index >= 15 is 0 Å². The molecule has 0 aliphatic rings. The molecule has 1 aromatic carbocycles. The summed E-state index contributed by atoms with van der Waals surface area (Å²) in [6.45, 7) is 0.973. The molecule has 6 nitrogen and oxygen atoms in total. The Morgan fingerprint density at radius 1 is 1.14 bits per heavy atom. The van der Waals surface area contributed by atoms with Gasteiger partial charge in [-0.05, 0) is 26.2 Å². The number of rotatable bonds is 9. The maximum absolute atomic E-state index is 12.0. The Balaban J connectivity index is 2.42. The minimum absolute atomic E-state index is 0.162. The lowest BCUT2D eigenvalue weighted by Gasteiger charge is -2.22. The Kier molecular flexibility index (Phi) is 7.25. The molecule has 0 aliphatic heterocycles. The average molecular weight is 294 g/mol. The van der Waals surface area contributed by atoms with Gasteiger partial charge in [0.15, 0.2) is 0 Å².